The summed E-state index contributed by atoms with van der Waals surface area (Å²) in [5.74, 6) is -4.13. The molecule has 0 saturated heterocycles. The van der Waals surface area contributed by atoms with Gasteiger partial charge in [-0.2, -0.15) is 5.26 Å². The molecule has 3 aromatic rings. The molecule has 2 aromatic carbocycles. The zero-order valence-corrected chi connectivity index (χ0v) is 17.4. The van der Waals surface area contributed by atoms with Gasteiger partial charge in [-0.05, 0) is 52.8 Å². The summed E-state index contributed by atoms with van der Waals surface area (Å²) in [5.41, 5.74) is 1.58. The number of hydrogen-bond acceptors (Lipinski definition) is 4. The lowest BCUT2D eigenvalue weighted by Crippen LogP contribution is -2.21. The minimum atomic E-state index is -3.40. The highest BCUT2D eigenvalue weighted by Crippen LogP contribution is 2.48. The Morgan fingerprint density at radius 1 is 1.34 bits per heavy atom. The number of benzene rings is 2. The van der Waals surface area contributed by atoms with E-state index < -0.39 is 30.4 Å². The zero-order chi connectivity index (χ0) is 23.2. The molecule has 1 N–H and O–H groups in total. The van der Waals surface area contributed by atoms with Gasteiger partial charge in [0.25, 0.3) is 5.92 Å². The maximum absolute atomic E-state index is 14.6. The minimum Gasteiger partial charge on any atom is -0.382 e. The Kier molecular flexibility index (Phi) is 5.51. The molecule has 1 heterocycles. The van der Waals surface area contributed by atoms with Gasteiger partial charge in [-0.1, -0.05) is 24.3 Å². The molecule has 0 aliphatic heterocycles. The molecule has 0 fully saturated rings. The third kappa shape index (κ3) is 3.65. The average molecular weight is 444 g/mol. The first-order chi connectivity index (χ1) is 15.2. The van der Waals surface area contributed by atoms with E-state index >= 15 is 0 Å². The van der Waals surface area contributed by atoms with E-state index in [1.54, 1.807) is 32.3 Å². The standard InChI is InChI=1S/C23H20F4N4O/c1-3-19(25)17-8-14(24)6-13(10-28)16(17)7-12-4-5-15(20-11-31(2)30-29-20)21-18(12)9-23(26,27)22(21)32/h4-6,8,11,19,22,32H,3,7,9H2,1-2H3. The highest BCUT2D eigenvalue weighted by atomic mass is 19.3. The van der Waals surface area contributed by atoms with Crippen LogP contribution in [0.25, 0.3) is 11.3 Å². The molecule has 1 aliphatic rings. The first kappa shape index (κ1) is 22.0. The van der Waals surface area contributed by atoms with Gasteiger partial charge >= 0.3 is 0 Å². The van der Waals surface area contributed by atoms with Crippen LogP contribution in [0.3, 0.4) is 0 Å². The van der Waals surface area contributed by atoms with Crippen molar-refractivity contribution in [1.82, 2.24) is 15.0 Å². The number of rotatable bonds is 5. The van der Waals surface area contributed by atoms with Crippen LogP contribution >= 0.6 is 0 Å². The van der Waals surface area contributed by atoms with Crippen LogP contribution in [0.4, 0.5) is 17.6 Å². The predicted molar refractivity (Wildman–Crippen MR) is 108 cm³/mol. The fraction of sp³-hybridized carbons (Fsp3) is 0.348. The molecule has 1 aromatic heterocycles. The van der Waals surface area contributed by atoms with Gasteiger partial charge in [0.05, 0.1) is 17.8 Å². The number of halogens is 4. The van der Waals surface area contributed by atoms with E-state index in [9.17, 15) is 27.9 Å². The van der Waals surface area contributed by atoms with Crippen LogP contribution in [0.1, 0.15) is 59.0 Å². The summed E-state index contributed by atoms with van der Waals surface area (Å²) in [4.78, 5) is 0. The summed E-state index contributed by atoms with van der Waals surface area (Å²) in [7, 11) is 1.64. The number of aliphatic hydroxyl groups is 1. The minimum absolute atomic E-state index is 0.0288. The van der Waals surface area contributed by atoms with Crippen LogP contribution in [-0.4, -0.2) is 26.0 Å². The van der Waals surface area contributed by atoms with Crippen molar-refractivity contribution in [2.45, 2.75) is 44.4 Å². The Balaban J connectivity index is 1.89. The van der Waals surface area contributed by atoms with E-state index in [0.717, 1.165) is 12.1 Å². The average Bonchev–Trinajstić information content (AvgIpc) is 3.29. The second kappa shape index (κ2) is 8.02. The van der Waals surface area contributed by atoms with Crippen molar-refractivity contribution in [3.05, 3.63) is 69.7 Å². The van der Waals surface area contributed by atoms with Crippen molar-refractivity contribution >= 4 is 0 Å². The third-order valence-electron chi connectivity index (χ3n) is 5.85. The fourth-order valence-corrected chi connectivity index (χ4v) is 4.28. The van der Waals surface area contributed by atoms with E-state index in [1.807, 2.05) is 6.07 Å². The van der Waals surface area contributed by atoms with E-state index in [1.165, 1.54) is 4.68 Å². The second-order valence-corrected chi connectivity index (χ2v) is 7.97. The summed E-state index contributed by atoms with van der Waals surface area (Å²) in [6, 6.07) is 7.10. The molecular formula is C23H20F4N4O. The maximum Gasteiger partial charge on any atom is 0.281 e. The molecule has 9 heteroatoms. The number of aliphatic hydroxyl groups excluding tert-OH is 1. The summed E-state index contributed by atoms with van der Waals surface area (Å²) >= 11 is 0. The molecule has 166 valence electrons. The molecule has 32 heavy (non-hydrogen) atoms. The number of alkyl halides is 3. The van der Waals surface area contributed by atoms with Crippen LogP contribution in [0.2, 0.25) is 0 Å². The molecule has 1 aliphatic carbocycles. The van der Waals surface area contributed by atoms with Crippen molar-refractivity contribution in [1.29, 1.82) is 5.26 Å². The van der Waals surface area contributed by atoms with Gasteiger partial charge in [-0.15, -0.1) is 5.10 Å². The maximum atomic E-state index is 14.6. The van der Waals surface area contributed by atoms with Crippen molar-refractivity contribution < 1.29 is 22.7 Å². The van der Waals surface area contributed by atoms with Gasteiger partial charge in [0.15, 0.2) is 0 Å². The molecule has 2 unspecified atom stereocenters. The Labute approximate surface area is 181 Å². The Bertz CT molecular complexity index is 1230. The molecule has 0 saturated carbocycles. The quantitative estimate of drug-likeness (QED) is 0.578. The SMILES string of the molecule is CCC(F)c1cc(F)cc(C#N)c1Cc1ccc(-c2cn(C)nn2)c2c1CC(F)(F)C2O. The Hall–Kier alpha value is -3.25. The molecule has 4 rings (SSSR count). The third-order valence-corrected chi connectivity index (χ3v) is 5.85. The lowest BCUT2D eigenvalue weighted by molar-refractivity contribution is -0.0966. The molecule has 0 amide bonds. The zero-order valence-electron chi connectivity index (χ0n) is 17.4. The summed E-state index contributed by atoms with van der Waals surface area (Å²) < 4.78 is 59.1. The first-order valence-electron chi connectivity index (χ1n) is 10.1. The van der Waals surface area contributed by atoms with E-state index in [0.29, 0.717) is 16.8 Å². The number of fused-ring (bicyclic) bond motifs is 1. The molecule has 2 atom stereocenters. The van der Waals surface area contributed by atoms with E-state index in [4.69, 9.17) is 0 Å². The van der Waals surface area contributed by atoms with Gasteiger partial charge in [0.1, 0.15) is 23.8 Å². The van der Waals surface area contributed by atoms with Gasteiger partial charge in [0.2, 0.25) is 0 Å². The van der Waals surface area contributed by atoms with Crippen molar-refractivity contribution in [3.8, 4) is 17.3 Å². The molecule has 0 bridgehead atoms. The van der Waals surface area contributed by atoms with Gasteiger partial charge in [-0.25, -0.2) is 17.6 Å². The lowest BCUT2D eigenvalue weighted by atomic mass is 9.88. The van der Waals surface area contributed by atoms with Crippen LogP contribution in [0, 0.1) is 17.1 Å². The smallest absolute Gasteiger partial charge is 0.281 e. The van der Waals surface area contributed by atoms with Crippen LogP contribution in [0.5, 0.6) is 0 Å². The summed E-state index contributed by atoms with van der Waals surface area (Å²) in [6.45, 7) is 1.59. The monoisotopic (exact) mass is 444 g/mol. The molecule has 5 nitrogen and oxygen atoms in total. The van der Waals surface area contributed by atoms with E-state index in [2.05, 4.69) is 10.3 Å². The van der Waals surface area contributed by atoms with Gasteiger partial charge < -0.3 is 5.11 Å². The Morgan fingerprint density at radius 2 is 2.09 bits per heavy atom. The van der Waals surface area contributed by atoms with Crippen LogP contribution < -0.4 is 0 Å². The molecular weight excluding hydrogens is 424 g/mol. The van der Waals surface area contributed by atoms with Crippen molar-refractivity contribution in [2.24, 2.45) is 7.05 Å². The predicted octanol–water partition coefficient (Wildman–Crippen LogP) is 4.73. The first-order valence-corrected chi connectivity index (χ1v) is 10.1. The summed E-state index contributed by atoms with van der Waals surface area (Å²) in [5, 5.41) is 27.7. The topological polar surface area (TPSA) is 74.7 Å². The van der Waals surface area contributed by atoms with Crippen LogP contribution in [0.15, 0.2) is 30.5 Å². The van der Waals surface area contributed by atoms with Crippen LogP contribution in [-0.2, 0) is 19.9 Å². The second-order valence-electron chi connectivity index (χ2n) is 7.97. The molecule has 0 radical (unpaired) electrons. The lowest BCUT2D eigenvalue weighted by Gasteiger charge is -2.18. The van der Waals surface area contributed by atoms with Gasteiger partial charge in [-0.3, -0.25) is 4.68 Å². The van der Waals surface area contributed by atoms with Gasteiger partial charge in [0, 0.05) is 19.0 Å². The van der Waals surface area contributed by atoms with Crippen molar-refractivity contribution in [3.63, 3.8) is 0 Å². The molecule has 0 spiro atoms. The van der Waals surface area contributed by atoms with Crippen molar-refractivity contribution in [2.75, 3.05) is 0 Å². The highest BCUT2D eigenvalue weighted by molar-refractivity contribution is 5.69. The number of aryl methyl sites for hydroxylation is 1. The Morgan fingerprint density at radius 3 is 2.72 bits per heavy atom. The van der Waals surface area contributed by atoms with E-state index in [-0.39, 0.29) is 40.7 Å². The largest absolute Gasteiger partial charge is 0.382 e. The number of hydrogen-bond donors (Lipinski definition) is 1. The highest BCUT2D eigenvalue weighted by Gasteiger charge is 2.49. The normalized spacial score (nSPS) is 17.8. The number of aromatic nitrogens is 3. The summed E-state index contributed by atoms with van der Waals surface area (Å²) in [6.07, 6.45) is -2.68. The number of nitriles is 1. The number of nitrogens with zero attached hydrogens (tertiary/aromatic N) is 4. The fourth-order valence-electron chi connectivity index (χ4n) is 4.28.